The van der Waals surface area contributed by atoms with E-state index in [0.717, 1.165) is 28.7 Å². The Morgan fingerprint density at radius 1 is 0.850 bits per heavy atom. The number of rotatable bonds is 12. The smallest absolute Gasteiger partial charge is 0.264 e. The van der Waals surface area contributed by atoms with Crippen molar-refractivity contribution in [1.29, 1.82) is 0 Å². The first-order valence-electron chi connectivity index (χ1n) is 13.8. The maximum atomic E-state index is 14.2. The van der Waals surface area contributed by atoms with Gasteiger partial charge in [0.25, 0.3) is 10.0 Å². The largest absolute Gasteiger partial charge is 0.352 e. The quantitative estimate of drug-likeness (QED) is 0.314. The molecular formula is C32H41N3O4S. The normalized spacial score (nSPS) is 12.8. The number of nitrogens with zero attached hydrogens (tertiary/aromatic N) is 2. The van der Waals surface area contributed by atoms with E-state index in [1.807, 2.05) is 77.9 Å². The monoisotopic (exact) mass is 563 g/mol. The third kappa shape index (κ3) is 7.50. The van der Waals surface area contributed by atoms with Gasteiger partial charge in [0.1, 0.15) is 12.6 Å². The molecule has 0 aromatic heterocycles. The minimum Gasteiger partial charge on any atom is -0.352 e. The number of hydrogen-bond donors (Lipinski definition) is 1. The summed E-state index contributed by atoms with van der Waals surface area (Å²) in [6.45, 7) is 11.2. The van der Waals surface area contributed by atoms with E-state index in [-0.39, 0.29) is 23.4 Å². The van der Waals surface area contributed by atoms with Crippen molar-refractivity contribution in [2.45, 2.75) is 77.9 Å². The topological polar surface area (TPSA) is 86.8 Å². The van der Waals surface area contributed by atoms with E-state index < -0.39 is 28.5 Å². The molecule has 7 nitrogen and oxygen atoms in total. The number of carbonyl (C=O) groups excluding carboxylic acids is 2. The second kappa shape index (κ2) is 13.6. The van der Waals surface area contributed by atoms with Gasteiger partial charge >= 0.3 is 0 Å². The number of amides is 2. The Bertz CT molecular complexity index is 1410. The predicted molar refractivity (Wildman–Crippen MR) is 161 cm³/mol. The van der Waals surface area contributed by atoms with Crippen molar-refractivity contribution in [2.75, 3.05) is 10.8 Å². The molecule has 3 aromatic carbocycles. The number of sulfonamides is 1. The van der Waals surface area contributed by atoms with Gasteiger partial charge in [0.15, 0.2) is 0 Å². The van der Waals surface area contributed by atoms with Crippen LogP contribution in [0.3, 0.4) is 0 Å². The van der Waals surface area contributed by atoms with E-state index >= 15 is 0 Å². The summed E-state index contributed by atoms with van der Waals surface area (Å²) in [6.07, 6.45) is 1.14. The molecule has 0 aliphatic carbocycles. The number of carbonyl (C=O) groups is 2. The van der Waals surface area contributed by atoms with Gasteiger partial charge < -0.3 is 10.2 Å². The average molecular weight is 564 g/mol. The molecule has 0 radical (unpaired) electrons. The van der Waals surface area contributed by atoms with Crippen molar-refractivity contribution in [3.63, 3.8) is 0 Å². The van der Waals surface area contributed by atoms with E-state index in [9.17, 15) is 18.0 Å². The summed E-state index contributed by atoms with van der Waals surface area (Å²) in [7, 11) is -4.09. The molecule has 0 unspecified atom stereocenters. The van der Waals surface area contributed by atoms with Gasteiger partial charge in [-0.05, 0) is 69.9 Å². The highest BCUT2D eigenvalue weighted by Crippen LogP contribution is 2.28. The second-order valence-electron chi connectivity index (χ2n) is 10.4. The van der Waals surface area contributed by atoms with Gasteiger partial charge in [-0.25, -0.2) is 8.42 Å². The minimum absolute atomic E-state index is 0.0527. The lowest BCUT2D eigenvalue weighted by atomic mass is 10.1. The van der Waals surface area contributed by atoms with E-state index in [2.05, 4.69) is 5.32 Å². The Morgan fingerprint density at radius 2 is 1.48 bits per heavy atom. The molecule has 0 aliphatic rings. The Kier molecular flexibility index (Phi) is 10.5. The van der Waals surface area contributed by atoms with Gasteiger partial charge in [-0.2, -0.15) is 0 Å². The zero-order chi connectivity index (χ0) is 29.4. The van der Waals surface area contributed by atoms with Gasteiger partial charge in [0.2, 0.25) is 11.8 Å². The number of nitrogens with one attached hydrogen (secondary N) is 1. The van der Waals surface area contributed by atoms with Crippen LogP contribution in [-0.4, -0.2) is 43.8 Å². The van der Waals surface area contributed by atoms with Crippen LogP contribution in [0.25, 0.3) is 0 Å². The molecular weight excluding hydrogens is 522 g/mol. The summed E-state index contributed by atoms with van der Waals surface area (Å²) >= 11 is 0. The fraction of sp³-hybridized carbons (Fsp3) is 0.375. The first kappa shape index (κ1) is 30.9. The Labute approximate surface area is 239 Å². The third-order valence-electron chi connectivity index (χ3n) is 7.09. The molecule has 214 valence electrons. The molecule has 0 aliphatic heterocycles. The summed E-state index contributed by atoms with van der Waals surface area (Å²) in [6, 6.07) is 20.5. The van der Waals surface area contributed by atoms with E-state index in [1.165, 1.54) is 21.3 Å². The van der Waals surface area contributed by atoms with Crippen LogP contribution in [0.15, 0.2) is 77.7 Å². The van der Waals surface area contributed by atoms with Crippen LogP contribution in [0.4, 0.5) is 5.69 Å². The standard InChI is InChI=1S/C32H41N3O4S/c1-7-26(6)33-32(37)29(8-2)34(21-27-17-14-23(3)15-18-27)31(36)22-35(30-19-16-24(4)20-25(30)5)40(38,39)28-12-10-9-11-13-28/h9-20,26,29H,7-8,21-22H2,1-6H3,(H,33,37)/t26-,29+/m0/s1. The van der Waals surface area contributed by atoms with Gasteiger partial charge in [-0.3, -0.25) is 13.9 Å². The Balaban J connectivity index is 2.07. The summed E-state index contributed by atoms with van der Waals surface area (Å²) in [5.41, 5.74) is 4.09. The summed E-state index contributed by atoms with van der Waals surface area (Å²) in [4.78, 5) is 29.1. The highest BCUT2D eigenvalue weighted by Gasteiger charge is 2.34. The van der Waals surface area contributed by atoms with Crippen LogP contribution in [0.2, 0.25) is 0 Å². The van der Waals surface area contributed by atoms with Crippen LogP contribution in [0.1, 0.15) is 55.9 Å². The summed E-state index contributed by atoms with van der Waals surface area (Å²) < 4.78 is 29.1. The maximum Gasteiger partial charge on any atom is 0.264 e. The van der Waals surface area contributed by atoms with E-state index in [0.29, 0.717) is 12.1 Å². The molecule has 2 amide bonds. The van der Waals surface area contributed by atoms with Crippen molar-refractivity contribution in [3.05, 3.63) is 95.1 Å². The fourth-order valence-corrected chi connectivity index (χ4v) is 6.07. The third-order valence-corrected chi connectivity index (χ3v) is 8.87. The number of aryl methyl sites for hydroxylation is 3. The fourth-order valence-electron chi connectivity index (χ4n) is 4.57. The lowest BCUT2D eigenvalue weighted by Gasteiger charge is -2.34. The molecule has 0 saturated carbocycles. The molecule has 0 fully saturated rings. The highest BCUT2D eigenvalue weighted by atomic mass is 32.2. The van der Waals surface area contributed by atoms with Crippen molar-refractivity contribution in [3.8, 4) is 0 Å². The van der Waals surface area contributed by atoms with Crippen LogP contribution in [0.5, 0.6) is 0 Å². The van der Waals surface area contributed by atoms with Gasteiger partial charge in [-0.15, -0.1) is 0 Å². The zero-order valence-corrected chi connectivity index (χ0v) is 25.2. The number of benzene rings is 3. The van der Waals surface area contributed by atoms with Gasteiger partial charge in [0.05, 0.1) is 10.6 Å². The molecule has 0 saturated heterocycles. The van der Waals surface area contributed by atoms with Crippen LogP contribution in [0, 0.1) is 20.8 Å². The van der Waals surface area contributed by atoms with Crippen molar-refractivity contribution in [1.82, 2.24) is 10.2 Å². The van der Waals surface area contributed by atoms with Crippen LogP contribution in [-0.2, 0) is 26.2 Å². The van der Waals surface area contributed by atoms with Crippen molar-refractivity contribution >= 4 is 27.5 Å². The Morgan fingerprint density at radius 3 is 2.05 bits per heavy atom. The lowest BCUT2D eigenvalue weighted by molar-refractivity contribution is -0.140. The molecule has 2 atom stereocenters. The summed E-state index contributed by atoms with van der Waals surface area (Å²) in [5, 5.41) is 3.00. The first-order chi connectivity index (χ1) is 19.0. The highest BCUT2D eigenvalue weighted by molar-refractivity contribution is 7.92. The van der Waals surface area contributed by atoms with Crippen molar-refractivity contribution < 1.29 is 18.0 Å². The van der Waals surface area contributed by atoms with E-state index in [1.54, 1.807) is 24.3 Å². The van der Waals surface area contributed by atoms with Crippen molar-refractivity contribution in [2.24, 2.45) is 0 Å². The predicted octanol–water partition coefficient (Wildman–Crippen LogP) is 5.53. The van der Waals surface area contributed by atoms with Gasteiger partial charge in [0, 0.05) is 12.6 Å². The average Bonchev–Trinajstić information content (AvgIpc) is 2.93. The lowest BCUT2D eigenvalue weighted by Crippen LogP contribution is -2.53. The van der Waals surface area contributed by atoms with E-state index in [4.69, 9.17) is 0 Å². The molecule has 0 bridgehead atoms. The number of anilines is 1. The first-order valence-corrected chi connectivity index (χ1v) is 15.2. The SMILES string of the molecule is CC[C@H](C(=O)N[C@@H](C)CC)N(Cc1ccc(C)cc1)C(=O)CN(c1ccc(C)cc1C)S(=O)(=O)c1ccccc1. The van der Waals surface area contributed by atoms with Crippen LogP contribution < -0.4 is 9.62 Å². The second-order valence-corrected chi connectivity index (χ2v) is 12.2. The molecule has 0 spiro atoms. The molecule has 3 rings (SSSR count). The molecule has 3 aromatic rings. The molecule has 1 N–H and O–H groups in total. The zero-order valence-electron chi connectivity index (χ0n) is 24.3. The molecule has 8 heteroatoms. The maximum absolute atomic E-state index is 14.2. The van der Waals surface area contributed by atoms with Gasteiger partial charge in [-0.1, -0.05) is 79.6 Å². The Hall–Kier alpha value is -3.65. The minimum atomic E-state index is -4.09. The van der Waals surface area contributed by atoms with Crippen LogP contribution >= 0.6 is 0 Å². The summed E-state index contributed by atoms with van der Waals surface area (Å²) in [5.74, 6) is -0.701. The molecule has 0 heterocycles. The number of hydrogen-bond acceptors (Lipinski definition) is 4. The molecule has 40 heavy (non-hydrogen) atoms.